The highest BCUT2D eigenvalue weighted by Gasteiger charge is 2.05. The highest BCUT2D eigenvalue weighted by Crippen LogP contribution is 1.97. The number of rotatable bonds is 6. The summed E-state index contributed by atoms with van der Waals surface area (Å²) in [5, 5.41) is 3.95. The van der Waals surface area contributed by atoms with Gasteiger partial charge in [0.25, 0.3) is 0 Å². The summed E-state index contributed by atoms with van der Waals surface area (Å²) in [5.74, 6) is -0.375. The predicted octanol–water partition coefficient (Wildman–Crippen LogP) is 1.76. The number of hydrogen-bond acceptors (Lipinski definition) is 4. The molecule has 1 rings (SSSR count). The molecule has 0 radical (unpaired) electrons. The Hall–Kier alpha value is -1.84. The standard InChI is InChI=1S/C13H18N2O2/c1-3-17-13(16)11(2)15-14-10-9-12-7-5-4-6-8-12/h4-8,14H,3,9-10H2,1-2H3/b15-11-. The number of nitrogens with one attached hydrogen (secondary N) is 1. The van der Waals surface area contributed by atoms with Gasteiger partial charge in [0.15, 0.2) is 0 Å². The normalized spacial score (nSPS) is 11.1. The number of esters is 1. The molecule has 1 aromatic rings. The SMILES string of the molecule is CCOC(=O)/C(C)=N\NCCc1ccccc1. The molecule has 1 N–H and O–H groups in total. The lowest BCUT2D eigenvalue weighted by Crippen LogP contribution is -2.19. The molecular formula is C13H18N2O2. The fourth-order valence-electron chi connectivity index (χ4n) is 1.30. The average Bonchev–Trinajstić information content (AvgIpc) is 2.36. The number of nitrogens with zero attached hydrogens (tertiary/aromatic N) is 1. The summed E-state index contributed by atoms with van der Waals surface area (Å²) in [4.78, 5) is 11.2. The molecule has 92 valence electrons. The molecule has 4 nitrogen and oxygen atoms in total. The zero-order chi connectivity index (χ0) is 12.5. The molecule has 0 spiro atoms. The van der Waals surface area contributed by atoms with E-state index < -0.39 is 0 Å². The van der Waals surface area contributed by atoms with E-state index in [4.69, 9.17) is 4.74 Å². The summed E-state index contributed by atoms with van der Waals surface area (Å²) in [6.45, 7) is 4.47. The first-order valence-electron chi connectivity index (χ1n) is 5.72. The maximum absolute atomic E-state index is 11.2. The van der Waals surface area contributed by atoms with Crippen molar-refractivity contribution in [2.45, 2.75) is 20.3 Å². The molecule has 0 unspecified atom stereocenters. The largest absolute Gasteiger partial charge is 0.461 e. The Labute approximate surface area is 102 Å². The lowest BCUT2D eigenvalue weighted by Gasteiger charge is -2.03. The van der Waals surface area contributed by atoms with Crippen molar-refractivity contribution < 1.29 is 9.53 Å². The zero-order valence-electron chi connectivity index (χ0n) is 10.3. The van der Waals surface area contributed by atoms with Gasteiger partial charge in [0.2, 0.25) is 0 Å². The van der Waals surface area contributed by atoms with Crippen molar-refractivity contribution in [1.29, 1.82) is 0 Å². The van der Waals surface area contributed by atoms with Gasteiger partial charge < -0.3 is 10.2 Å². The second-order valence-electron chi connectivity index (χ2n) is 3.56. The number of hydrazone groups is 1. The summed E-state index contributed by atoms with van der Waals surface area (Å²) in [6.07, 6.45) is 0.875. The van der Waals surface area contributed by atoms with Crippen molar-refractivity contribution in [3.8, 4) is 0 Å². The van der Waals surface area contributed by atoms with Crippen LogP contribution in [-0.2, 0) is 16.0 Å². The molecule has 0 saturated heterocycles. The monoisotopic (exact) mass is 234 g/mol. The Morgan fingerprint density at radius 3 is 2.71 bits per heavy atom. The van der Waals surface area contributed by atoms with Gasteiger partial charge in [-0.3, -0.25) is 0 Å². The van der Waals surface area contributed by atoms with Gasteiger partial charge >= 0.3 is 5.97 Å². The van der Waals surface area contributed by atoms with Crippen LogP contribution in [0.4, 0.5) is 0 Å². The molecule has 0 aromatic heterocycles. The number of ether oxygens (including phenoxy) is 1. The van der Waals surface area contributed by atoms with E-state index in [9.17, 15) is 4.79 Å². The van der Waals surface area contributed by atoms with Gasteiger partial charge in [-0.05, 0) is 25.8 Å². The summed E-state index contributed by atoms with van der Waals surface area (Å²) in [7, 11) is 0. The van der Waals surface area contributed by atoms with Crippen molar-refractivity contribution in [3.63, 3.8) is 0 Å². The van der Waals surface area contributed by atoms with Crippen molar-refractivity contribution in [2.24, 2.45) is 5.10 Å². The lowest BCUT2D eigenvalue weighted by atomic mass is 10.2. The smallest absolute Gasteiger partial charge is 0.354 e. The molecule has 4 heteroatoms. The van der Waals surface area contributed by atoms with E-state index in [1.807, 2.05) is 18.2 Å². The van der Waals surface area contributed by atoms with E-state index >= 15 is 0 Å². The van der Waals surface area contributed by atoms with Crippen LogP contribution in [0.25, 0.3) is 0 Å². The Kier molecular flexibility index (Phi) is 5.79. The lowest BCUT2D eigenvalue weighted by molar-refractivity contribution is -0.135. The molecule has 0 atom stereocenters. The number of benzene rings is 1. The Morgan fingerprint density at radius 2 is 2.06 bits per heavy atom. The van der Waals surface area contributed by atoms with Gasteiger partial charge in [0.1, 0.15) is 5.71 Å². The number of hydrogen-bond donors (Lipinski definition) is 1. The molecule has 0 aliphatic rings. The summed E-state index contributed by atoms with van der Waals surface area (Å²) < 4.78 is 4.81. The van der Waals surface area contributed by atoms with E-state index in [-0.39, 0.29) is 5.97 Å². The second kappa shape index (κ2) is 7.44. The molecule has 0 amide bonds. The molecule has 0 aliphatic carbocycles. The van der Waals surface area contributed by atoms with Crippen molar-refractivity contribution in [3.05, 3.63) is 35.9 Å². The fourth-order valence-corrected chi connectivity index (χ4v) is 1.30. The first-order chi connectivity index (χ1) is 8.24. The van der Waals surface area contributed by atoms with Crippen LogP contribution in [0, 0.1) is 0 Å². The van der Waals surface area contributed by atoms with Crippen LogP contribution in [0.2, 0.25) is 0 Å². The first-order valence-corrected chi connectivity index (χ1v) is 5.72. The van der Waals surface area contributed by atoms with Crippen molar-refractivity contribution >= 4 is 11.7 Å². The second-order valence-corrected chi connectivity index (χ2v) is 3.56. The van der Waals surface area contributed by atoms with Crippen LogP contribution in [0.1, 0.15) is 19.4 Å². The summed E-state index contributed by atoms with van der Waals surface area (Å²) in [6, 6.07) is 10.1. The molecule has 17 heavy (non-hydrogen) atoms. The number of carbonyl (C=O) groups is 1. The highest BCUT2D eigenvalue weighted by atomic mass is 16.5. The topological polar surface area (TPSA) is 50.7 Å². The van der Waals surface area contributed by atoms with Crippen molar-refractivity contribution in [1.82, 2.24) is 5.43 Å². The minimum atomic E-state index is -0.375. The molecular weight excluding hydrogens is 216 g/mol. The fraction of sp³-hybridized carbons (Fsp3) is 0.385. The minimum Gasteiger partial charge on any atom is -0.461 e. The third-order valence-corrected chi connectivity index (χ3v) is 2.19. The van der Waals surface area contributed by atoms with Gasteiger partial charge in [-0.25, -0.2) is 4.79 Å². The molecule has 0 saturated carbocycles. The van der Waals surface area contributed by atoms with E-state index in [1.54, 1.807) is 13.8 Å². The third kappa shape index (κ3) is 5.15. The van der Waals surface area contributed by atoms with E-state index in [1.165, 1.54) is 5.56 Å². The minimum absolute atomic E-state index is 0.347. The number of carbonyl (C=O) groups excluding carboxylic acids is 1. The van der Waals surface area contributed by atoms with E-state index in [2.05, 4.69) is 22.7 Å². The average molecular weight is 234 g/mol. The van der Waals surface area contributed by atoms with E-state index in [0.29, 0.717) is 18.9 Å². The van der Waals surface area contributed by atoms with Crippen LogP contribution >= 0.6 is 0 Å². The Morgan fingerprint density at radius 1 is 1.35 bits per heavy atom. The van der Waals surface area contributed by atoms with Crippen LogP contribution in [-0.4, -0.2) is 24.8 Å². The summed E-state index contributed by atoms with van der Waals surface area (Å²) >= 11 is 0. The molecule has 0 fully saturated rings. The Balaban J connectivity index is 2.28. The third-order valence-electron chi connectivity index (χ3n) is 2.19. The van der Waals surface area contributed by atoms with Crippen molar-refractivity contribution in [2.75, 3.05) is 13.2 Å². The van der Waals surface area contributed by atoms with Crippen LogP contribution in [0.15, 0.2) is 35.4 Å². The predicted molar refractivity (Wildman–Crippen MR) is 67.9 cm³/mol. The molecule has 0 bridgehead atoms. The molecule has 0 heterocycles. The first kappa shape index (κ1) is 13.2. The van der Waals surface area contributed by atoms with Crippen LogP contribution in [0.5, 0.6) is 0 Å². The van der Waals surface area contributed by atoms with Gasteiger partial charge in [0.05, 0.1) is 6.61 Å². The van der Waals surface area contributed by atoms with Gasteiger partial charge in [-0.1, -0.05) is 30.3 Å². The zero-order valence-corrected chi connectivity index (χ0v) is 10.3. The van der Waals surface area contributed by atoms with Gasteiger partial charge in [-0.15, -0.1) is 0 Å². The maximum Gasteiger partial charge on any atom is 0.354 e. The van der Waals surface area contributed by atoms with E-state index in [0.717, 1.165) is 6.42 Å². The van der Waals surface area contributed by atoms with Crippen LogP contribution < -0.4 is 5.43 Å². The maximum atomic E-state index is 11.2. The van der Waals surface area contributed by atoms with Crippen LogP contribution in [0.3, 0.4) is 0 Å². The Bertz CT molecular complexity index is 374. The van der Waals surface area contributed by atoms with Gasteiger partial charge in [0, 0.05) is 6.54 Å². The molecule has 0 aliphatic heterocycles. The quantitative estimate of drug-likeness (QED) is 0.353. The summed E-state index contributed by atoms with van der Waals surface area (Å²) in [5.41, 5.74) is 4.45. The highest BCUT2D eigenvalue weighted by molar-refractivity contribution is 6.35. The van der Waals surface area contributed by atoms with Gasteiger partial charge in [-0.2, -0.15) is 5.10 Å². The molecule has 1 aromatic carbocycles.